The maximum atomic E-state index is 14.8. The zero-order valence-electron chi connectivity index (χ0n) is 18.8. The molecular weight excluding hydrogens is 394 g/mol. The molecule has 30 heavy (non-hydrogen) atoms. The lowest BCUT2D eigenvalue weighted by atomic mass is 10.1. The second kappa shape index (κ2) is 8.15. The lowest BCUT2D eigenvalue weighted by molar-refractivity contribution is 0.0957. The Hall–Kier alpha value is -3.40. The zero-order valence-corrected chi connectivity index (χ0v) is 15.8. The Bertz CT molecular complexity index is 1260. The van der Waals surface area contributed by atoms with Gasteiger partial charge in [-0.15, -0.1) is 0 Å². The molecule has 0 atom stereocenters. The topological polar surface area (TPSA) is 94.2 Å². The van der Waals surface area contributed by atoms with Crippen LogP contribution in [-0.2, 0) is 6.54 Å². The van der Waals surface area contributed by atoms with Crippen molar-refractivity contribution in [2.75, 3.05) is 38.1 Å². The number of hydrogen-bond donors (Lipinski definition) is 2. The van der Waals surface area contributed by atoms with Crippen LogP contribution in [0.1, 0.15) is 20.2 Å². The highest BCUT2D eigenvalue weighted by Gasteiger charge is 2.22. The molecule has 8 nitrogen and oxygen atoms in total. The average molecular weight is 417 g/mol. The van der Waals surface area contributed by atoms with Gasteiger partial charge in [-0.05, 0) is 18.2 Å². The van der Waals surface area contributed by atoms with Crippen molar-refractivity contribution in [1.82, 2.24) is 25.2 Å². The molecule has 156 valence electrons. The summed E-state index contributed by atoms with van der Waals surface area (Å²) in [5, 5.41) is 1.77. The number of amides is 1. The highest BCUT2D eigenvalue weighted by Crippen LogP contribution is 2.22. The fourth-order valence-electron chi connectivity index (χ4n) is 3.48. The molecule has 1 amide bonds. The first-order valence-electron chi connectivity index (χ1n) is 10.7. The fraction of sp³-hybridized carbons (Fsp3) is 0.300. The second-order valence-corrected chi connectivity index (χ2v) is 6.90. The number of nitrogens with one attached hydrogen (secondary N) is 2. The van der Waals surface area contributed by atoms with Gasteiger partial charge < -0.3 is 15.2 Å². The van der Waals surface area contributed by atoms with Crippen LogP contribution in [0.15, 0.2) is 35.3 Å². The van der Waals surface area contributed by atoms with Crippen molar-refractivity contribution in [3.05, 3.63) is 63.8 Å². The van der Waals surface area contributed by atoms with Gasteiger partial charge in [-0.25, -0.2) is 14.4 Å². The van der Waals surface area contributed by atoms with Gasteiger partial charge in [0.1, 0.15) is 11.2 Å². The average Bonchev–Trinajstić information content (AvgIpc) is 2.75. The number of aromatic amines is 1. The van der Waals surface area contributed by atoms with E-state index < -0.39 is 30.2 Å². The van der Waals surface area contributed by atoms with E-state index in [9.17, 15) is 18.4 Å². The standard InChI is InChI=1S/C20H20F2N6O2/c1-23-20(30)14-4-5-15(19(22)25-14)28-8-6-27(7-9-28)11-12-2-3-13-18(17(12)21)26-16(29)10-24-13/h2-5,10H,6-9,11H2,1H3,(H,23,30)(H,26,29)/i1D3. The van der Waals surface area contributed by atoms with Crippen molar-refractivity contribution in [3.8, 4) is 0 Å². The molecule has 1 aromatic carbocycles. The number of piperazine rings is 1. The van der Waals surface area contributed by atoms with Crippen LogP contribution in [0.5, 0.6) is 0 Å². The fourth-order valence-corrected chi connectivity index (χ4v) is 3.48. The number of nitrogens with zero attached hydrogens (tertiary/aromatic N) is 4. The van der Waals surface area contributed by atoms with Crippen LogP contribution in [0.2, 0.25) is 0 Å². The van der Waals surface area contributed by atoms with E-state index in [-0.39, 0.29) is 16.9 Å². The van der Waals surface area contributed by atoms with Crippen LogP contribution in [0.25, 0.3) is 11.0 Å². The van der Waals surface area contributed by atoms with Crippen molar-refractivity contribution >= 4 is 22.6 Å². The monoisotopic (exact) mass is 417 g/mol. The maximum absolute atomic E-state index is 14.8. The molecule has 2 aromatic heterocycles. The Morgan fingerprint density at radius 1 is 1.23 bits per heavy atom. The van der Waals surface area contributed by atoms with Crippen LogP contribution in [0.4, 0.5) is 14.5 Å². The number of pyridine rings is 1. The van der Waals surface area contributed by atoms with E-state index in [0.717, 1.165) is 6.20 Å². The van der Waals surface area contributed by atoms with E-state index in [1.807, 2.05) is 4.90 Å². The van der Waals surface area contributed by atoms with E-state index in [0.29, 0.717) is 43.8 Å². The number of halogens is 2. The first-order chi connectivity index (χ1) is 15.6. The Labute approximate surface area is 174 Å². The molecule has 1 aliphatic heterocycles. The normalized spacial score (nSPS) is 16.7. The molecule has 10 heteroatoms. The molecule has 0 unspecified atom stereocenters. The summed E-state index contributed by atoms with van der Waals surface area (Å²) in [5.74, 6) is -2.39. The van der Waals surface area contributed by atoms with Gasteiger partial charge in [0.25, 0.3) is 11.5 Å². The van der Waals surface area contributed by atoms with Crippen molar-refractivity contribution < 1.29 is 17.7 Å². The molecule has 1 saturated heterocycles. The number of H-pyrrole nitrogens is 1. The number of fused-ring (bicyclic) bond motifs is 1. The van der Waals surface area contributed by atoms with Gasteiger partial charge in [0.15, 0.2) is 5.82 Å². The van der Waals surface area contributed by atoms with Gasteiger partial charge in [0, 0.05) is 49.4 Å². The number of carbonyl (C=O) groups is 1. The molecule has 0 saturated carbocycles. The summed E-state index contributed by atoms with van der Waals surface area (Å²) in [6, 6.07) is 5.93. The minimum absolute atomic E-state index is 0.0643. The quantitative estimate of drug-likeness (QED) is 0.621. The largest absolute Gasteiger partial charge is 0.365 e. The van der Waals surface area contributed by atoms with Gasteiger partial charge in [-0.2, -0.15) is 4.39 Å². The highest BCUT2D eigenvalue weighted by molar-refractivity contribution is 5.92. The third kappa shape index (κ3) is 3.86. The lowest BCUT2D eigenvalue weighted by Crippen LogP contribution is -2.46. The van der Waals surface area contributed by atoms with Gasteiger partial charge in [0.05, 0.1) is 17.4 Å². The van der Waals surface area contributed by atoms with Crippen molar-refractivity contribution in [3.63, 3.8) is 0 Å². The molecule has 3 heterocycles. The SMILES string of the molecule is [2H]C([2H])([2H])NC(=O)c1ccc(N2CCN(Cc3ccc4ncc(=O)[nH]c4c3F)CC2)c(F)n1. The van der Waals surface area contributed by atoms with Crippen molar-refractivity contribution in [2.45, 2.75) is 6.54 Å². The molecule has 1 fully saturated rings. The van der Waals surface area contributed by atoms with Gasteiger partial charge in [-0.3, -0.25) is 14.5 Å². The molecule has 4 rings (SSSR count). The molecule has 1 aliphatic rings. The molecule has 0 aliphatic carbocycles. The van der Waals surface area contributed by atoms with Crippen LogP contribution in [0, 0.1) is 11.8 Å². The van der Waals surface area contributed by atoms with Gasteiger partial charge in [-0.1, -0.05) is 6.07 Å². The zero-order chi connectivity index (χ0) is 23.8. The summed E-state index contributed by atoms with van der Waals surface area (Å²) in [7, 11) is 0. The number of hydrogen-bond acceptors (Lipinski definition) is 6. The number of benzene rings is 1. The molecule has 0 radical (unpaired) electrons. The third-order valence-corrected chi connectivity index (χ3v) is 5.05. The molecule has 2 N–H and O–H groups in total. The van der Waals surface area contributed by atoms with E-state index in [4.69, 9.17) is 4.11 Å². The minimum Gasteiger partial charge on any atom is -0.365 e. The van der Waals surface area contributed by atoms with Crippen molar-refractivity contribution in [2.24, 2.45) is 0 Å². The maximum Gasteiger partial charge on any atom is 0.269 e. The minimum atomic E-state index is -2.69. The van der Waals surface area contributed by atoms with E-state index in [2.05, 4.69) is 15.0 Å². The Balaban J connectivity index is 1.41. The molecule has 0 bridgehead atoms. The Kier molecular flexibility index (Phi) is 4.46. The molecular formula is C20H20F2N6O2. The smallest absolute Gasteiger partial charge is 0.269 e. The van der Waals surface area contributed by atoms with Gasteiger partial charge in [0.2, 0.25) is 5.95 Å². The molecule has 3 aromatic rings. The summed E-state index contributed by atoms with van der Waals surface area (Å²) < 4.78 is 50.5. The second-order valence-electron chi connectivity index (χ2n) is 6.90. The third-order valence-electron chi connectivity index (χ3n) is 5.05. The number of aromatic nitrogens is 3. The van der Waals surface area contributed by atoms with Crippen LogP contribution >= 0.6 is 0 Å². The van der Waals surface area contributed by atoms with Crippen LogP contribution in [0.3, 0.4) is 0 Å². The first-order valence-corrected chi connectivity index (χ1v) is 9.23. The predicted molar refractivity (Wildman–Crippen MR) is 107 cm³/mol. The van der Waals surface area contributed by atoms with E-state index in [1.165, 1.54) is 12.1 Å². The summed E-state index contributed by atoms with van der Waals surface area (Å²) >= 11 is 0. The first kappa shape index (κ1) is 16.4. The highest BCUT2D eigenvalue weighted by atomic mass is 19.1. The summed E-state index contributed by atoms with van der Waals surface area (Å²) in [4.78, 5) is 37.1. The number of anilines is 1. The van der Waals surface area contributed by atoms with Gasteiger partial charge >= 0.3 is 0 Å². The lowest BCUT2D eigenvalue weighted by Gasteiger charge is -2.36. The number of carbonyl (C=O) groups excluding carboxylic acids is 1. The Morgan fingerprint density at radius 3 is 2.77 bits per heavy atom. The van der Waals surface area contributed by atoms with Crippen LogP contribution in [-0.4, -0.2) is 58.9 Å². The van der Waals surface area contributed by atoms with Crippen LogP contribution < -0.4 is 15.8 Å². The summed E-state index contributed by atoms with van der Waals surface area (Å²) in [6.45, 7) is -0.481. The van der Waals surface area contributed by atoms with E-state index in [1.54, 1.807) is 22.3 Å². The molecule has 0 spiro atoms. The van der Waals surface area contributed by atoms with Crippen molar-refractivity contribution in [1.29, 1.82) is 0 Å². The number of rotatable bonds is 4. The summed E-state index contributed by atoms with van der Waals surface area (Å²) in [6.07, 6.45) is 1.10. The van der Waals surface area contributed by atoms with E-state index >= 15 is 0 Å². The Morgan fingerprint density at radius 2 is 2.03 bits per heavy atom. The summed E-state index contributed by atoms with van der Waals surface area (Å²) in [5.41, 5.74) is 0.224. The predicted octanol–water partition coefficient (Wildman–Crippen LogP) is 1.28.